The van der Waals surface area contributed by atoms with E-state index in [1.165, 1.54) is 12.3 Å². The second kappa shape index (κ2) is 3.69. The van der Waals surface area contributed by atoms with Crippen LogP contribution in [0.2, 0.25) is 0 Å². The van der Waals surface area contributed by atoms with Crippen molar-refractivity contribution in [2.45, 2.75) is 6.92 Å². The van der Waals surface area contributed by atoms with Crippen LogP contribution < -0.4 is 11.4 Å². The fourth-order valence-electron chi connectivity index (χ4n) is 1.40. The molecule has 0 aliphatic carbocycles. The topological polar surface area (TPSA) is 96.4 Å². The summed E-state index contributed by atoms with van der Waals surface area (Å²) in [6.07, 6.45) is 1.39. The molecule has 0 amide bonds. The van der Waals surface area contributed by atoms with Crippen LogP contribution in [0.1, 0.15) is 17.3 Å². The van der Waals surface area contributed by atoms with Gasteiger partial charge in [0.1, 0.15) is 11.2 Å². The number of nitrogens with one attached hydrogen (secondary N) is 2. The molecule has 0 spiro atoms. The lowest BCUT2D eigenvalue weighted by molar-refractivity contribution is 0.0528. The molecule has 84 valence electrons. The molecule has 2 aromatic heterocycles. The Hall–Kier alpha value is -2.31. The Bertz CT molecular complexity index is 649. The molecule has 2 heterocycles. The third-order valence-corrected chi connectivity index (χ3v) is 2.05. The molecule has 2 N–H and O–H groups in total. The Morgan fingerprint density at radius 1 is 1.44 bits per heavy atom. The van der Waals surface area contributed by atoms with Crippen LogP contribution in [0.5, 0.6) is 0 Å². The second-order valence-electron chi connectivity index (χ2n) is 3.05. The van der Waals surface area contributed by atoms with Gasteiger partial charge in [0.25, 0.3) is 0 Å². The molecule has 0 saturated carbocycles. The maximum Gasteiger partial charge on any atom is 0.341 e. The van der Waals surface area contributed by atoms with Crippen LogP contribution in [0, 0.1) is 0 Å². The first-order chi connectivity index (χ1) is 7.63. The highest BCUT2D eigenvalue weighted by molar-refractivity contribution is 5.96. The van der Waals surface area contributed by atoms with Crippen LogP contribution in [0.3, 0.4) is 0 Å². The van der Waals surface area contributed by atoms with E-state index in [1.54, 1.807) is 6.92 Å². The van der Waals surface area contributed by atoms with Crippen LogP contribution in [0.25, 0.3) is 5.65 Å². The molecule has 0 aliphatic heterocycles. The highest BCUT2D eigenvalue weighted by atomic mass is 16.5. The normalized spacial score (nSPS) is 10.6. The lowest BCUT2D eigenvalue weighted by Gasteiger charge is -1.99. The predicted octanol–water partition coefficient (Wildman–Crippen LogP) is -0.507. The Morgan fingerprint density at radius 3 is 2.88 bits per heavy atom. The van der Waals surface area contributed by atoms with Crippen LogP contribution in [0.4, 0.5) is 0 Å². The summed E-state index contributed by atoms with van der Waals surface area (Å²) < 4.78 is 5.92. The molecule has 0 aliphatic rings. The van der Waals surface area contributed by atoms with Crippen molar-refractivity contribution in [3.05, 3.63) is 38.8 Å². The number of fused-ring (bicyclic) bond motifs is 1. The van der Waals surface area contributed by atoms with Crippen LogP contribution in [-0.4, -0.2) is 26.9 Å². The highest BCUT2D eigenvalue weighted by Crippen LogP contribution is 2.07. The molecular weight excluding hydrogens is 214 g/mol. The van der Waals surface area contributed by atoms with Gasteiger partial charge in [-0.1, -0.05) is 0 Å². The van der Waals surface area contributed by atoms with E-state index in [0.717, 1.165) is 4.40 Å². The summed E-state index contributed by atoms with van der Waals surface area (Å²) >= 11 is 0. The number of H-pyrrole nitrogens is 2. The Morgan fingerprint density at radius 2 is 2.19 bits per heavy atom. The van der Waals surface area contributed by atoms with Gasteiger partial charge in [-0.2, -0.15) is 0 Å². The van der Waals surface area contributed by atoms with Crippen molar-refractivity contribution in [1.29, 1.82) is 0 Å². The second-order valence-corrected chi connectivity index (χ2v) is 3.05. The van der Waals surface area contributed by atoms with E-state index in [-0.39, 0.29) is 17.8 Å². The molecular formula is C9H9N3O4. The van der Waals surface area contributed by atoms with Crippen molar-refractivity contribution >= 4 is 11.6 Å². The Labute approximate surface area is 88.7 Å². The first-order valence-electron chi connectivity index (χ1n) is 4.64. The van der Waals surface area contributed by atoms with Crippen molar-refractivity contribution in [2.75, 3.05) is 6.61 Å². The summed E-state index contributed by atoms with van der Waals surface area (Å²) in [6, 6.07) is 1.42. The van der Waals surface area contributed by atoms with E-state index >= 15 is 0 Å². The van der Waals surface area contributed by atoms with Crippen molar-refractivity contribution in [1.82, 2.24) is 14.4 Å². The number of rotatable bonds is 2. The van der Waals surface area contributed by atoms with Gasteiger partial charge in [-0.3, -0.25) is 14.4 Å². The maximum absolute atomic E-state index is 11.5. The van der Waals surface area contributed by atoms with Gasteiger partial charge < -0.3 is 4.74 Å². The molecule has 0 radical (unpaired) electrons. The van der Waals surface area contributed by atoms with Gasteiger partial charge >= 0.3 is 17.3 Å². The maximum atomic E-state index is 11.5. The summed E-state index contributed by atoms with van der Waals surface area (Å²) in [5.74, 6) is -0.578. The van der Waals surface area contributed by atoms with E-state index in [0.29, 0.717) is 0 Å². The lowest BCUT2D eigenvalue weighted by Crippen LogP contribution is -2.27. The number of carbonyl (C=O) groups excluding carboxylic acids is 1. The largest absolute Gasteiger partial charge is 0.462 e. The Kier molecular flexibility index (Phi) is 2.35. The number of esters is 1. The van der Waals surface area contributed by atoms with Crippen molar-refractivity contribution < 1.29 is 9.53 Å². The molecule has 0 unspecified atom stereocenters. The van der Waals surface area contributed by atoms with Gasteiger partial charge in [0.15, 0.2) is 0 Å². The molecule has 0 aromatic carbocycles. The minimum atomic E-state index is -0.665. The highest BCUT2D eigenvalue weighted by Gasteiger charge is 2.14. The average molecular weight is 223 g/mol. The summed E-state index contributed by atoms with van der Waals surface area (Å²) in [6.45, 7) is 1.90. The molecule has 0 fully saturated rings. The summed E-state index contributed by atoms with van der Waals surface area (Å²) in [4.78, 5) is 38.3. The van der Waals surface area contributed by atoms with E-state index < -0.39 is 17.3 Å². The smallest absolute Gasteiger partial charge is 0.341 e. The number of carbonyl (C=O) groups is 1. The molecule has 2 rings (SSSR count). The average Bonchev–Trinajstić information content (AvgIpc) is 2.61. The van der Waals surface area contributed by atoms with Gasteiger partial charge in [0, 0.05) is 6.20 Å². The number of aromatic nitrogens is 3. The molecule has 16 heavy (non-hydrogen) atoms. The standard InChI is InChI=1S/C9H9N3O4/c1-2-16-7(13)5-3-4-12-6(5)10-8(14)11-9(12)15/h3-4H,2H2,1H3,(H2,10,11,14,15). The Balaban J connectivity index is 2.69. The quantitative estimate of drug-likeness (QED) is 0.670. The minimum Gasteiger partial charge on any atom is -0.462 e. The van der Waals surface area contributed by atoms with Gasteiger partial charge in [-0.25, -0.2) is 14.4 Å². The SMILES string of the molecule is CCOC(=O)c1ccn2c(=O)[nH]c(=O)[nH]c12. The van der Waals surface area contributed by atoms with Crippen molar-refractivity contribution in [3.8, 4) is 0 Å². The van der Waals surface area contributed by atoms with Gasteiger partial charge in [-0.05, 0) is 13.0 Å². The van der Waals surface area contributed by atoms with Gasteiger partial charge in [-0.15, -0.1) is 0 Å². The van der Waals surface area contributed by atoms with Crippen molar-refractivity contribution in [3.63, 3.8) is 0 Å². The monoisotopic (exact) mass is 223 g/mol. The zero-order chi connectivity index (χ0) is 11.7. The number of hydrogen-bond acceptors (Lipinski definition) is 4. The zero-order valence-electron chi connectivity index (χ0n) is 8.44. The first-order valence-corrected chi connectivity index (χ1v) is 4.64. The fourth-order valence-corrected chi connectivity index (χ4v) is 1.40. The van der Waals surface area contributed by atoms with Crippen LogP contribution in [0.15, 0.2) is 21.9 Å². The van der Waals surface area contributed by atoms with Crippen LogP contribution in [-0.2, 0) is 4.74 Å². The molecule has 0 saturated heterocycles. The van der Waals surface area contributed by atoms with E-state index in [4.69, 9.17) is 4.74 Å². The molecule has 0 bridgehead atoms. The third kappa shape index (κ3) is 1.52. The lowest BCUT2D eigenvalue weighted by atomic mass is 10.3. The molecule has 7 nitrogen and oxygen atoms in total. The number of hydrogen-bond donors (Lipinski definition) is 2. The summed E-state index contributed by atoms with van der Waals surface area (Å²) in [7, 11) is 0. The van der Waals surface area contributed by atoms with Crippen molar-refractivity contribution in [2.24, 2.45) is 0 Å². The minimum absolute atomic E-state index is 0.132. The number of aromatic amines is 2. The number of ether oxygens (including phenoxy) is 1. The third-order valence-electron chi connectivity index (χ3n) is 2.05. The molecule has 7 heteroatoms. The van der Waals surface area contributed by atoms with Gasteiger partial charge in [0.2, 0.25) is 0 Å². The van der Waals surface area contributed by atoms with E-state index in [9.17, 15) is 14.4 Å². The van der Waals surface area contributed by atoms with Gasteiger partial charge in [0.05, 0.1) is 6.61 Å². The number of nitrogens with zero attached hydrogens (tertiary/aromatic N) is 1. The van der Waals surface area contributed by atoms with Crippen LogP contribution >= 0.6 is 0 Å². The zero-order valence-corrected chi connectivity index (χ0v) is 8.44. The summed E-state index contributed by atoms with van der Waals surface area (Å²) in [5, 5.41) is 0. The fraction of sp³-hybridized carbons (Fsp3) is 0.222. The molecule has 2 aromatic rings. The van der Waals surface area contributed by atoms with E-state index in [2.05, 4.69) is 4.98 Å². The molecule has 0 atom stereocenters. The predicted molar refractivity (Wildman–Crippen MR) is 54.6 cm³/mol. The first kappa shape index (κ1) is 10.2. The summed E-state index contributed by atoms with van der Waals surface area (Å²) in [5.41, 5.74) is -0.978. The van der Waals surface area contributed by atoms with E-state index in [1.807, 2.05) is 4.98 Å².